The van der Waals surface area contributed by atoms with Gasteiger partial charge >= 0.3 is 0 Å². The van der Waals surface area contributed by atoms with Crippen LogP contribution in [0.25, 0.3) is 5.69 Å². The number of nitrogens with zero attached hydrogens (tertiary/aromatic N) is 4. The van der Waals surface area contributed by atoms with E-state index in [1.165, 1.54) is 24.4 Å². The van der Waals surface area contributed by atoms with Crippen LogP contribution in [0, 0.1) is 30.9 Å². The van der Waals surface area contributed by atoms with Crippen LogP contribution < -0.4 is 9.47 Å². The Hall–Kier alpha value is -2.59. The highest BCUT2D eigenvalue weighted by atomic mass is 79.9. The van der Waals surface area contributed by atoms with E-state index in [4.69, 9.17) is 9.47 Å². The van der Waals surface area contributed by atoms with Gasteiger partial charge in [-0.05, 0) is 77.7 Å². The van der Waals surface area contributed by atoms with Crippen LogP contribution in [0.3, 0.4) is 0 Å². The van der Waals surface area contributed by atoms with Gasteiger partial charge in [0.2, 0.25) is 6.54 Å². The first-order valence-electron chi connectivity index (χ1n) is 9.44. The topological polar surface area (TPSA) is 92.3 Å². The molecule has 1 atom stereocenters. The summed E-state index contributed by atoms with van der Waals surface area (Å²) < 4.78 is 13.4. The third-order valence-corrected chi connectivity index (χ3v) is 6.70. The van der Waals surface area contributed by atoms with Gasteiger partial charge in [0.25, 0.3) is 0 Å². The average Bonchev–Trinajstić information content (AvgIpc) is 3.08. The predicted octanol–water partition coefficient (Wildman–Crippen LogP) is 5.08. The minimum absolute atomic E-state index is 0.286. The van der Waals surface area contributed by atoms with E-state index in [2.05, 4.69) is 39.1 Å². The van der Waals surface area contributed by atoms with Gasteiger partial charge in [-0.15, -0.1) is 10.2 Å². The van der Waals surface area contributed by atoms with E-state index in [9.17, 15) is 10.1 Å². The highest BCUT2D eigenvalue weighted by Gasteiger charge is 2.26. The highest BCUT2D eigenvalue weighted by molar-refractivity contribution is 9.10. The standard InChI is InChI=1S/C21H23BrN4O4S/c1-12-6-7-16(8-13(12)2)26-14(3)23-24-21(26)31-19(11-25(27)28)15-9-17(22)20(30-5)18(10-15)29-4/h6-10,19H,11H2,1-5H3/t19-/m1/s1. The zero-order chi connectivity index (χ0) is 22.7. The maximum Gasteiger partial charge on any atom is 0.220 e. The van der Waals surface area contributed by atoms with Crippen molar-refractivity contribution in [2.75, 3.05) is 20.8 Å². The molecule has 0 spiro atoms. The van der Waals surface area contributed by atoms with Crippen LogP contribution in [0.5, 0.6) is 11.5 Å². The van der Waals surface area contributed by atoms with Crippen molar-refractivity contribution in [2.45, 2.75) is 31.2 Å². The first-order valence-corrected chi connectivity index (χ1v) is 11.1. The predicted molar refractivity (Wildman–Crippen MR) is 123 cm³/mol. The van der Waals surface area contributed by atoms with Gasteiger partial charge < -0.3 is 9.47 Å². The van der Waals surface area contributed by atoms with E-state index in [0.717, 1.165) is 16.8 Å². The highest BCUT2D eigenvalue weighted by Crippen LogP contribution is 2.43. The zero-order valence-corrected chi connectivity index (χ0v) is 20.3. The maximum absolute atomic E-state index is 11.5. The third-order valence-electron chi connectivity index (χ3n) is 4.93. The molecule has 3 rings (SSSR count). The number of benzene rings is 2. The molecule has 0 unspecified atom stereocenters. The molecule has 0 bridgehead atoms. The third kappa shape index (κ3) is 5.01. The minimum Gasteiger partial charge on any atom is -0.493 e. The van der Waals surface area contributed by atoms with Crippen LogP contribution in [-0.4, -0.2) is 40.5 Å². The lowest BCUT2D eigenvalue weighted by atomic mass is 10.1. The van der Waals surface area contributed by atoms with Gasteiger partial charge in [-0.25, -0.2) is 0 Å². The molecule has 0 aliphatic rings. The molecule has 164 valence electrons. The second kappa shape index (κ2) is 9.69. The fourth-order valence-electron chi connectivity index (χ4n) is 3.18. The SMILES string of the molecule is COc1cc([C@@H](C[N+](=O)[O-])Sc2nnc(C)n2-c2ccc(C)c(C)c2)cc(Br)c1OC. The summed E-state index contributed by atoms with van der Waals surface area (Å²) in [6.45, 7) is 5.67. The van der Waals surface area contributed by atoms with Crippen molar-refractivity contribution in [2.24, 2.45) is 0 Å². The fraction of sp³-hybridized carbons (Fsp3) is 0.333. The molecule has 1 heterocycles. The Labute approximate surface area is 193 Å². The quantitative estimate of drug-likeness (QED) is 0.239. The number of hydrogen-bond donors (Lipinski definition) is 0. The lowest BCUT2D eigenvalue weighted by Crippen LogP contribution is -2.11. The summed E-state index contributed by atoms with van der Waals surface area (Å²) in [5.74, 6) is 1.73. The van der Waals surface area contributed by atoms with Gasteiger partial charge in [0, 0.05) is 10.6 Å². The largest absolute Gasteiger partial charge is 0.493 e. The number of aryl methyl sites for hydroxylation is 3. The molecule has 10 heteroatoms. The number of halogens is 1. The number of ether oxygens (including phenoxy) is 2. The van der Waals surface area contributed by atoms with E-state index in [0.29, 0.717) is 27.0 Å². The summed E-state index contributed by atoms with van der Waals surface area (Å²) >= 11 is 4.77. The molecule has 0 saturated carbocycles. The molecular weight excluding hydrogens is 484 g/mol. The van der Waals surface area contributed by atoms with E-state index in [-0.39, 0.29) is 11.5 Å². The Morgan fingerprint density at radius 1 is 1.13 bits per heavy atom. The monoisotopic (exact) mass is 506 g/mol. The summed E-state index contributed by atoms with van der Waals surface area (Å²) in [6.07, 6.45) is 0. The second-order valence-corrected chi connectivity index (χ2v) is 9.02. The summed E-state index contributed by atoms with van der Waals surface area (Å²) in [5, 5.41) is 20.0. The molecule has 0 aliphatic carbocycles. The molecule has 0 saturated heterocycles. The average molecular weight is 507 g/mol. The van der Waals surface area contributed by atoms with Gasteiger partial charge in [-0.1, -0.05) is 17.8 Å². The van der Waals surface area contributed by atoms with Crippen molar-refractivity contribution < 1.29 is 14.4 Å². The molecule has 1 aromatic heterocycles. The lowest BCUT2D eigenvalue weighted by Gasteiger charge is -2.17. The Morgan fingerprint density at radius 2 is 1.87 bits per heavy atom. The van der Waals surface area contributed by atoms with Crippen LogP contribution in [0.15, 0.2) is 40.0 Å². The van der Waals surface area contributed by atoms with Crippen molar-refractivity contribution in [3.63, 3.8) is 0 Å². The Balaban J connectivity index is 2.05. The van der Waals surface area contributed by atoms with E-state index >= 15 is 0 Å². The number of methoxy groups -OCH3 is 2. The molecule has 3 aromatic rings. The number of hydrogen-bond acceptors (Lipinski definition) is 7. The summed E-state index contributed by atoms with van der Waals surface area (Å²) in [6, 6.07) is 9.67. The summed E-state index contributed by atoms with van der Waals surface area (Å²) in [5.41, 5.74) is 3.97. The smallest absolute Gasteiger partial charge is 0.220 e. The zero-order valence-electron chi connectivity index (χ0n) is 17.9. The molecule has 0 amide bonds. The Bertz CT molecular complexity index is 1120. The number of rotatable bonds is 8. The Kier molecular flexibility index (Phi) is 7.22. The van der Waals surface area contributed by atoms with Crippen LogP contribution in [0.2, 0.25) is 0 Å². The van der Waals surface area contributed by atoms with Crippen LogP contribution in [-0.2, 0) is 0 Å². The van der Waals surface area contributed by atoms with Gasteiger partial charge in [-0.2, -0.15) is 0 Å². The number of nitro groups is 1. The summed E-state index contributed by atoms with van der Waals surface area (Å²) in [7, 11) is 3.07. The molecule has 0 N–H and O–H groups in total. The van der Waals surface area contributed by atoms with Gasteiger partial charge in [0.1, 0.15) is 11.1 Å². The lowest BCUT2D eigenvalue weighted by molar-refractivity contribution is -0.479. The van der Waals surface area contributed by atoms with Crippen molar-refractivity contribution >= 4 is 27.7 Å². The van der Waals surface area contributed by atoms with Crippen molar-refractivity contribution in [3.8, 4) is 17.2 Å². The fourth-order valence-corrected chi connectivity index (χ4v) is 4.95. The van der Waals surface area contributed by atoms with Crippen molar-refractivity contribution in [1.82, 2.24) is 14.8 Å². The molecule has 0 aliphatic heterocycles. The van der Waals surface area contributed by atoms with E-state index in [1.54, 1.807) is 13.2 Å². The van der Waals surface area contributed by atoms with Crippen LogP contribution >= 0.6 is 27.7 Å². The number of thioether (sulfide) groups is 1. The molecule has 0 radical (unpaired) electrons. The Morgan fingerprint density at radius 3 is 2.48 bits per heavy atom. The first kappa shape index (κ1) is 23.1. The van der Waals surface area contributed by atoms with Crippen LogP contribution in [0.1, 0.15) is 27.8 Å². The van der Waals surface area contributed by atoms with Crippen LogP contribution in [0.4, 0.5) is 0 Å². The van der Waals surface area contributed by atoms with E-state index in [1.807, 2.05) is 36.6 Å². The molecule has 8 nitrogen and oxygen atoms in total. The first-order chi connectivity index (χ1) is 14.7. The van der Waals surface area contributed by atoms with Crippen molar-refractivity contribution in [3.05, 3.63) is 67.4 Å². The summed E-state index contributed by atoms with van der Waals surface area (Å²) in [4.78, 5) is 11.1. The molecule has 31 heavy (non-hydrogen) atoms. The maximum atomic E-state index is 11.5. The normalized spacial score (nSPS) is 11.9. The second-order valence-electron chi connectivity index (χ2n) is 6.99. The molecule has 2 aromatic carbocycles. The number of aromatic nitrogens is 3. The van der Waals surface area contributed by atoms with Crippen molar-refractivity contribution in [1.29, 1.82) is 0 Å². The molecular formula is C21H23BrN4O4S. The van der Waals surface area contributed by atoms with Gasteiger partial charge in [0.15, 0.2) is 16.7 Å². The minimum atomic E-state index is -0.514. The van der Waals surface area contributed by atoms with Gasteiger partial charge in [-0.3, -0.25) is 14.7 Å². The van der Waals surface area contributed by atoms with E-state index < -0.39 is 5.25 Å². The molecule has 0 fully saturated rings. The van der Waals surface area contributed by atoms with Gasteiger partial charge in [0.05, 0.1) is 18.7 Å².